The van der Waals surface area contributed by atoms with Crippen molar-refractivity contribution in [1.82, 2.24) is 4.57 Å². The van der Waals surface area contributed by atoms with E-state index in [0.29, 0.717) is 17.9 Å². The molecule has 4 nitrogen and oxygen atoms in total. The van der Waals surface area contributed by atoms with Crippen LogP contribution in [0.4, 0.5) is 0 Å². The number of hydrogen-bond donors (Lipinski definition) is 2. The standard InChI is InChI=1S/C18H18N2O2S/c1-20-14-9-5-6-12(10-19)16(14)17(18(21)22)15(20)11-23-13-7-3-2-4-8-13/h2-9H,10-11,19H2,1H3,(H,21,22). The molecule has 0 bridgehead atoms. The normalized spacial score (nSPS) is 11.0. The summed E-state index contributed by atoms with van der Waals surface area (Å²) in [7, 11) is 1.91. The molecule has 118 valence electrons. The second-order valence-electron chi connectivity index (χ2n) is 5.30. The van der Waals surface area contributed by atoms with Gasteiger partial charge in [-0.15, -0.1) is 11.8 Å². The van der Waals surface area contributed by atoms with Crippen LogP contribution in [0, 0.1) is 0 Å². The number of carboxylic acid groups (broad SMARTS) is 1. The summed E-state index contributed by atoms with van der Waals surface area (Å²) in [6.45, 7) is 0.326. The molecule has 0 aliphatic carbocycles. The minimum atomic E-state index is -0.903. The fraction of sp³-hybridized carbons (Fsp3) is 0.167. The van der Waals surface area contributed by atoms with Crippen LogP contribution in [0.5, 0.6) is 0 Å². The first-order valence-electron chi connectivity index (χ1n) is 7.34. The highest BCUT2D eigenvalue weighted by Gasteiger charge is 2.22. The highest BCUT2D eigenvalue weighted by molar-refractivity contribution is 7.98. The Bertz CT molecular complexity index is 856. The first kappa shape index (κ1) is 15.6. The van der Waals surface area contributed by atoms with Crippen LogP contribution in [-0.2, 0) is 19.3 Å². The lowest BCUT2D eigenvalue weighted by atomic mass is 10.1. The Hall–Kier alpha value is -2.24. The number of nitrogens with zero attached hydrogens (tertiary/aromatic N) is 1. The molecule has 3 N–H and O–H groups in total. The highest BCUT2D eigenvalue weighted by Crippen LogP contribution is 2.32. The number of aromatic nitrogens is 1. The molecule has 3 rings (SSSR count). The third-order valence-electron chi connectivity index (χ3n) is 3.99. The number of nitrogens with two attached hydrogens (primary N) is 1. The average molecular weight is 326 g/mol. The van der Waals surface area contributed by atoms with E-state index in [-0.39, 0.29) is 0 Å². The maximum absolute atomic E-state index is 11.9. The fourth-order valence-corrected chi connectivity index (χ4v) is 3.84. The molecule has 0 aliphatic heterocycles. The van der Waals surface area contributed by atoms with E-state index in [2.05, 4.69) is 0 Å². The van der Waals surface area contributed by atoms with E-state index in [0.717, 1.165) is 27.1 Å². The first-order valence-corrected chi connectivity index (χ1v) is 8.32. The average Bonchev–Trinajstić information content (AvgIpc) is 2.86. The Morgan fingerprint density at radius 2 is 1.91 bits per heavy atom. The van der Waals surface area contributed by atoms with Gasteiger partial charge in [-0.2, -0.15) is 0 Å². The molecule has 2 aromatic carbocycles. The number of fused-ring (bicyclic) bond motifs is 1. The van der Waals surface area contributed by atoms with Crippen molar-refractivity contribution in [3.8, 4) is 0 Å². The van der Waals surface area contributed by atoms with Crippen molar-refractivity contribution in [3.05, 3.63) is 65.4 Å². The van der Waals surface area contributed by atoms with Gasteiger partial charge in [-0.25, -0.2) is 4.79 Å². The molecule has 23 heavy (non-hydrogen) atoms. The van der Waals surface area contributed by atoms with Crippen LogP contribution in [0.25, 0.3) is 10.9 Å². The number of aryl methyl sites for hydroxylation is 1. The summed E-state index contributed by atoms with van der Waals surface area (Å²) < 4.78 is 1.97. The van der Waals surface area contributed by atoms with Gasteiger partial charge < -0.3 is 15.4 Å². The Morgan fingerprint density at radius 3 is 2.57 bits per heavy atom. The Labute approximate surface area is 138 Å². The number of thioether (sulfide) groups is 1. The van der Waals surface area contributed by atoms with E-state index in [1.165, 1.54) is 0 Å². The third-order valence-corrected chi connectivity index (χ3v) is 5.01. The van der Waals surface area contributed by atoms with E-state index >= 15 is 0 Å². The number of benzene rings is 2. The minimum Gasteiger partial charge on any atom is -0.478 e. The first-order chi connectivity index (χ1) is 11.1. The van der Waals surface area contributed by atoms with Crippen LogP contribution in [0.1, 0.15) is 21.6 Å². The van der Waals surface area contributed by atoms with Crippen LogP contribution in [0.2, 0.25) is 0 Å². The molecule has 5 heteroatoms. The van der Waals surface area contributed by atoms with E-state index < -0.39 is 5.97 Å². The molecule has 0 atom stereocenters. The fourth-order valence-electron chi connectivity index (χ4n) is 2.85. The number of carbonyl (C=O) groups is 1. The highest BCUT2D eigenvalue weighted by atomic mass is 32.2. The van der Waals surface area contributed by atoms with Gasteiger partial charge >= 0.3 is 5.97 Å². The van der Waals surface area contributed by atoms with Gasteiger partial charge in [0.15, 0.2) is 0 Å². The summed E-state index contributed by atoms with van der Waals surface area (Å²) in [6, 6.07) is 15.7. The second kappa shape index (κ2) is 6.48. The Morgan fingerprint density at radius 1 is 1.17 bits per heavy atom. The maximum Gasteiger partial charge on any atom is 0.338 e. The van der Waals surface area contributed by atoms with Crippen molar-refractivity contribution >= 4 is 28.6 Å². The van der Waals surface area contributed by atoms with Gasteiger partial charge in [-0.05, 0) is 23.8 Å². The van der Waals surface area contributed by atoms with Crippen LogP contribution in [-0.4, -0.2) is 15.6 Å². The molecule has 0 aliphatic rings. The largest absolute Gasteiger partial charge is 0.478 e. The minimum absolute atomic E-state index is 0.326. The van der Waals surface area contributed by atoms with Gasteiger partial charge in [-0.1, -0.05) is 30.3 Å². The van der Waals surface area contributed by atoms with Gasteiger partial charge in [0, 0.05) is 40.8 Å². The van der Waals surface area contributed by atoms with Crippen molar-refractivity contribution < 1.29 is 9.90 Å². The molecule has 0 amide bonds. The third kappa shape index (κ3) is 2.85. The smallest absolute Gasteiger partial charge is 0.338 e. The lowest BCUT2D eigenvalue weighted by Crippen LogP contribution is -2.04. The van der Waals surface area contributed by atoms with E-state index in [1.54, 1.807) is 11.8 Å². The zero-order valence-electron chi connectivity index (χ0n) is 12.8. The molecule has 0 spiro atoms. The van der Waals surface area contributed by atoms with Crippen LogP contribution in [0.15, 0.2) is 53.4 Å². The second-order valence-corrected chi connectivity index (χ2v) is 6.35. The summed E-state index contributed by atoms with van der Waals surface area (Å²) in [5.74, 6) is -0.305. The van der Waals surface area contributed by atoms with Crippen LogP contribution in [0.3, 0.4) is 0 Å². The monoisotopic (exact) mass is 326 g/mol. The zero-order valence-corrected chi connectivity index (χ0v) is 13.6. The molecule has 1 aromatic heterocycles. The lowest BCUT2D eigenvalue weighted by molar-refractivity contribution is 0.0698. The predicted octanol–water partition coefficient (Wildman–Crippen LogP) is 3.63. The number of carboxylic acids is 1. The number of hydrogen-bond acceptors (Lipinski definition) is 3. The molecule has 0 saturated heterocycles. The molecule has 0 fully saturated rings. The maximum atomic E-state index is 11.9. The summed E-state index contributed by atoms with van der Waals surface area (Å²) >= 11 is 1.63. The van der Waals surface area contributed by atoms with Gasteiger partial charge in [0.05, 0.1) is 5.56 Å². The summed E-state index contributed by atoms with van der Waals surface area (Å²) in [5, 5.41) is 10.5. The van der Waals surface area contributed by atoms with Gasteiger partial charge in [0.25, 0.3) is 0 Å². The van der Waals surface area contributed by atoms with Crippen molar-refractivity contribution in [3.63, 3.8) is 0 Å². The van der Waals surface area contributed by atoms with Crippen molar-refractivity contribution in [2.24, 2.45) is 12.8 Å². The van der Waals surface area contributed by atoms with Crippen molar-refractivity contribution in [1.29, 1.82) is 0 Å². The van der Waals surface area contributed by atoms with Crippen LogP contribution >= 0.6 is 11.8 Å². The van der Waals surface area contributed by atoms with E-state index in [9.17, 15) is 9.90 Å². The van der Waals surface area contributed by atoms with Gasteiger partial charge in [0.1, 0.15) is 0 Å². The van der Waals surface area contributed by atoms with E-state index in [4.69, 9.17) is 5.73 Å². The predicted molar refractivity (Wildman–Crippen MR) is 93.8 cm³/mol. The van der Waals surface area contributed by atoms with Crippen molar-refractivity contribution in [2.45, 2.75) is 17.2 Å². The van der Waals surface area contributed by atoms with Gasteiger partial charge in [0.2, 0.25) is 0 Å². The molecule has 1 heterocycles. The molecule has 0 saturated carbocycles. The quantitative estimate of drug-likeness (QED) is 0.703. The molecular weight excluding hydrogens is 308 g/mol. The molecule has 0 radical (unpaired) electrons. The van der Waals surface area contributed by atoms with Crippen molar-refractivity contribution in [2.75, 3.05) is 0 Å². The molecular formula is C18H18N2O2S. The molecule has 0 unspecified atom stereocenters. The molecule has 3 aromatic rings. The number of aromatic carboxylic acids is 1. The van der Waals surface area contributed by atoms with Gasteiger partial charge in [-0.3, -0.25) is 0 Å². The zero-order chi connectivity index (χ0) is 16.4. The lowest BCUT2D eigenvalue weighted by Gasteiger charge is -2.06. The Balaban J connectivity index is 2.10. The summed E-state index contributed by atoms with van der Waals surface area (Å²) in [5.41, 5.74) is 8.76. The topological polar surface area (TPSA) is 68.2 Å². The summed E-state index contributed by atoms with van der Waals surface area (Å²) in [4.78, 5) is 13.0. The SMILES string of the molecule is Cn1c(CSc2ccccc2)c(C(=O)O)c2c(CN)cccc21. The van der Waals surface area contributed by atoms with Crippen LogP contribution < -0.4 is 5.73 Å². The summed E-state index contributed by atoms with van der Waals surface area (Å²) in [6.07, 6.45) is 0. The Kier molecular flexibility index (Phi) is 4.41. The number of rotatable bonds is 5. The van der Waals surface area contributed by atoms with E-state index in [1.807, 2.05) is 60.1 Å².